The molecular weight excluding hydrogens is 412 g/mol. The van der Waals surface area contributed by atoms with Gasteiger partial charge in [0.05, 0.1) is 4.88 Å². The van der Waals surface area contributed by atoms with Gasteiger partial charge >= 0.3 is 0 Å². The summed E-state index contributed by atoms with van der Waals surface area (Å²) in [6.45, 7) is 4.77. The number of hydrogen-bond donors (Lipinski definition) is 1. The Morgan fingerprint density at radius 1 is 1.32 bits per heavy atom. The molecular formula is C23H28N4O3S. The highest BCUT2D eigenvalue weighted by molar-refractivity contribution is 7.21. The maximum Gasteiger partial charge on any atom is 0.261 e. The van der Waals surface area contributed by atoms with Gasteiger partial charge in [0.25, 0.3) is 5.91 Å². The van der Waals surface area contributed by atoms with E-state index in [0.29, 0.717) is 31.0 Å². The molecule has 7 nitrogen and oxygen atoms in total. The van der Waals surface area contributed by atoms with Crippen LogP contribution in [0.3, 0.4) is 0 Å². The molecule has 2 aromatic heterocycles. The standard InChI is InChI=1S/C23H28N4O3S/c1-14(2)22-25-19(30-26-22)10-11-20(28)27-12-6-7-15(27)13-17-16-8-4-5-9-18(16)31-21(17)23(29)24-3/h4-5,8-9,14-15H,6-7,10-13H2,1-3H3,(H,24,29)/t15-/m1/s1. The first-order chi connectivity index (χ1) is 15.0. The van der Waals surface area contributed by atoms with Crippen LogP contribution in [0.2, 0.25) is 0 Å². The minimum absolute atomic E-state index is 0.0653. The van der Waals surface area contributed by atoms with E-state index in [9.17, 15) is 9.59 Å². The number of carbonyl (C=O) groups excluding carboxylic acids is 2. The molecule has 1 aliphatic heterocycles. The Kier molecular flexibility index (Phi) is 6.36. The second kappa shape index (κ2) is 9.18. The zero-order valence-electron chi connectivity index (χ0n) is 18.2. The van der Waals surface area contributed by atoms with Crippen molar-refractivity contribution in [2.24, 2.45) is 0 Å². The van der Waals surface area contributed by atoms with Crippen molar-refractivity contribution in [1.29, 1.82) is 0 Å². The van der Waals surface area contributed by atoms with Gasteiger partial charge in [-0.1, -0.05) is 37.2 Å². The number of hydrogen-bond acceptors (Lipinski definition) is 6. The first-order valence-electron chi connectivity index (χ1n) is 10.8. The van der Waals surface area contributed by atoms with Crippen molar-refractivity contribution in [3.8, 4) is 0 Å². The minimum Gasteiger partial charge on any atom is -0.354 e. The van der Waals surface area contributed by atoms with E-state index in [1.165, 1.54) is 11.3 Å². The maximum atomic E-state index is 13.0. The number of nitrogens with one attached hydrogen (secondary N) is 1. The summed E-state index contributed by atoms with van der Waals surface area (Å²) in [6.07, 6.45) is 3.42. The summed E-state index contributed by atoms with van der Waals surface area (Å²) in [4.78, 5) is 32.6. The van der Waals surface area contributed by atoms with Gasteiger partial charge in [-0.2, -0.15) is 4.98 Å². The number of rotatable bonds is 7. The van der Waals surface area contributed by atoms with E-state index < -0.39 is 0 Å². The van der Waals surface area contributed by atoms with E-state index in [1.807, 2.05) is 36.9 Å². The Morgan fingerprint density at radius 2 is 2.13 bits per heavy atom. The topological polar surface area (TPSA) is 88.3 Å². The molecule has 2 amide bonds. The summed E-state index contributed by atoms with van der Waals surface area (Å²) in [5.41, 5.74) is 1.04. The Labute approximate surface area is 185 Å². The van der Waals surface area contributed by atoms with E-state index in [1.54, 1.807) is 7.05 Å². The molecule has 0 saturated carbocycles. The molecule has 1 aromatic carbocycles. The summed E-state index contributed by atoms with van der Waals surface area (Å²) in [5.74, 6) is 1.43. The summed E-state index contributed by atoms with van der Waals surface area (Å²) in [6, 6.07) is 8.20. The summed E-state index contributed by atoms with van der Waals surface area (Å²) < 4.78 is 6.38. The normalized spacial score (nSPS) is 16.4. The van der Waals surface area contributed by atoms with Crippen LogP contribution >= 0.6 is 11.3 Å². The first kappa shape index (κ1) is 21.5. The summed E-state index contributed by atoms with van der Waals surface area (Å²) in [5, 5.41) is 7.84. The zero-order chi connectivity index (χ0) is 22.0. The van der Waals surface area contributed by atoms with Crippen molar-refractivity contribution in [2.75, 3.05) is 13.6 Å². The average molecular weight is 441 g/mol. The highest BCUT2D eigenvalue weighted by Crippen LogP contribution is 2.34. The Hall–Kier alpha value is -2.74. The number of aromatic nitrogens is 2. The van der Waals surface area contributed by atoms with Crippen molar-refractivity contribution in [1.82, 2.24) is 20.4 Å². The number of aryl methyl sites for hydroxylation is 1. The first-order valence-corrected chi connectivity index (χ1v) is 11.6. The van der Waals surface area contributed by atoms with Gasteiger partial charge in [-0.15, -0.1) is 11.3 Å². The highest BCUT2D eigenvalue weighted by atomic mass is 32.1. The molecule has 1 fully saturated rings. The van der Waals surface area contributed by atoms with Crippen LogP contribution in [0.15, 0.2) is 28.8 Å². The Balaban J connectivity index is 1.48. The fraction of sp³-hybridized carbons (Fsp3) is 0.478. The maximum absolute atomic E-state index is 13.0. The zero-order valence-corrected chi connectivity index (χ0v) is 19.0. The lowest BCUT2D eigenvalue weighted by Crippen LogP contribution is -2.37. The predicted molar refractivity (Wildman–Crippen MR) is 120 cm³/mol. The molecule has 31 heavy (non-hydrogen) atoms. The lowest BCUT2D eigenvalue weighted by atomic mass is 10.00. The van der Waals surface area contributed by atoms with Gasteiger partial charge in [0, 0.05) is 43.1 Å². The van der Waals surface area contributed by atoms with Gasteiger partial charge in [-0.25, -0.2) is 0 Å². The van der Waals surface area contributed by atoms with Gasteiger partial charge in [0.2, 0.25) is 11.8 Å². The third-order valence-electron chi connectivity index (χ3n) is 5.82. The number of carbonyl (C=O) groups is 2. The van der Waals surface area contributed by atoms with Gasteiger partial charge in [0.15, 0.2) is 5.82 Å². The molecule has 1 N–H and O–H groups in total. The van der Waals surface area contributed by atoms with E-state index in [0.717, 1.165) is 39.9 Å². The summed E-state index contributed by atoms with van der Waals surface area (Å²) >= 11 is 1.52. The molecule has 0 radical (unpaired) electrons. The lowest BCUT2D eigenvalue weighted by molar-refractivity contribution is -0.132. The van der Waals surface area contributed by atoms with E-state index in [2.05, 4.69) is 21.5 Å². The monoisotopic (exact) mass is 440 g/mol. The molecule has 1 aliphatic rings. The van der Waals surface area contributed by atoms with Crippen LogP contribution in [0, 0.1) is 0 Å². The predicted octanol–water partition coefficient (Wildman–Crippen LogP) is 3.93. The molecule has 8 heteroatoms. The summed E-state index contributed by atoms with van der Waals surface area (Å²) in [7, 11) is 1.66. The average Bonchev–Trinajstić information content (AvgIpc) is 3.51. The second-order valence-electron chi connectivity index (χ2n) is 8.27. The van der Waals surface area contributed by atoms with Gasteiger partial charge in [0.1, 0.15) is 0 Å². The van der Waals surface area contributed by atoms with Crippen molar-refractivity contribution in [2.45, 2.75) is 57.9 Å². The van der Waals surface area contributed by atoms with E-state index in [4.69, 9.17) is 4.52 Å². The molecule has 1 saturated heterocycles. The fourth-order valence-corrected chi connectivity index (χ4v) is 5.35. The largest absolute Gasteiger partial charge is 0.354 e. The van der Waals surface area contributed by atoms with Crippen LogP contribution in [0.4, 0.5) is 0 Å². The molecule has 3 aromatic rings. The molecule has 0 unspecified atom stereocenters. The van der Waals surface area contributed by atoms with Crippen LogP contribution in [0.25, 0.3) is 10.1 Å². The van der Waals surface area contributed by atoms with E-state index in [-0.39, 0.29) is 23.8 Å². The van der Waals surface area contributed by atoms with Gasteiger partial charge < -0.3 is 14.7 Å². The Morgan fingerprint density at radius 3 is 2.87 bits per heavy atom. The molecule has 4 rings (SSSR count). The minimum atomic E-state index is -0.0653. The van der Waals surface area contributed by atoms with Crippen LogP contribution in [-0.4, -0.2) is 46.5 Å². The van der Waals surface area contributed by atoms with E-state index >= 15 is 0 Å². The van der Waals surface area contributed by atoms with Gasteiger partial charge in [-0.05, 0) is 36.3 Å². The molecule has 0 bridgehead atoms. The number of thiophene rings is 1. The third-order valence-corrected chi connectivity index (χ3v) is 7.03. The lowest BCUT2D eigenvalue weighted by Gasteiger charge is -2.25. The highest BCUT2D eigenvalue weighted by Gasteiger charge is 2.31. The number of fused-ring (bicyclic) bond motifs is 1. The molecule has 1 atom stereocenters. The van der Waals surface area contributed by atoms with Crippen LogP contribution in [0.1, 0.15) is 66.0 Å². The molecule has 0 spiro atoms. The van der Waals surface area contributed by atoms with Crippen LogP contribution in [-0.2, 0) is 17.6 Å². The quantitative estimate of drug-likeness (QED) is 0.601. The number of likely N-dealkylation sites (tertiary alicyclic amines) is 1. The van der Waals surface area contributed by atoms with Crippen molar-refractivity contribution in [3.63, 3.8) is 0 Å². The number of amides is 2. The second-order valence-corrected chi connectivity index (χ2v) is 9.33. The fourth-order valence-electron chi connectivity index (χ4n) is 4.17. The molecule has 0 aliphatic carbocycles. The molecule has 164 valence electrons. The number of nitrogens with zero attached hydrogens (tertiary/aromatic N) is 3. The third kappa shape index (κ3) is 4.49. The smallest absolute Gasteiger partial charge is 0.261 e. The van der Waals surface area contributed by atoms with Crippen molar-refractivity contribution < 1.29 is 14.1 Å². The number of benzene rings is 1. The van der Waals surface area contributed by atoms with Crippen molar-refractivity contribution in [3.05, 3.63) is 46.4 Å². The molecule has 3 heterocycles. The van der Waals surface area contributed by atoms with Crippen LogP contribution in [0.5, 0.6) is 0 Å². The SMILES string of the molecule is CNC(=O)c1sc2ccccc2c1C[C@H]1CCCN1C(=O)CCc1nc(C(C)C)no1. The van der Waals surface area contributed by atoms with Gasteiger partial charge in [-0.3, -0.25) is 9.59 Å². The van der Waals surface area contributed by atoms with Crippen molar-refractivity contribution >= 4 is 33.2 Å². The van der Waals surface area contributed by atoms with Crippen LogP contribution < -0.4 is 5.32 Å². The Bertz CT molecular complexity index is 1090.